The molecule has 0 nitrogen and oxygen atoms in total. The lowest BCUT2D eigenvalue weighted by Gasteiger charge is -2.18. The molecule has 0 N–H and O–H groups in total. The van der Waals surface area contributed by atoms with Crippen molar-refractivity contribution in [3.05, 3.63) is 95.6 Å². The maximum Gasteiger partial charge on any atom is -0.0149 e. The Balaban J connectivity index is 1.77. The third-order valence-electron chi connectivity index (χ3n) is 5.20. The summed E-state index contributed by atoms with van der Waals surface area (Å²) in [5.41, 5.74) is 7.04. The maximum atomic E-state index is 2.30. The molecule has 0 atom stereocenters. The molecule has 0 aliphatic rings. The van der Waals surface area contributed by atoms with Crippen molar-refractivity contribution in [2.45, 2.75) is 45.4 Å². The first-order chi connectivity index (χ1) is 12.3. The van der Waals surface area contributed by atoms with Gasteiger partial charge in [0.15, 0.2) is 0 Å². The SMILES string of the molecule is CCC(CC)c1ccccc1-c1ccc(CCc2ccccc2)cc1. The number of benzene rings is 3. The largest absolute Gasteiger partial charge is 0.0648 e. The Morgan fingerprint density at radius 2 is 1.16 bits per heavy atom. The zero-order chi connectivity index (χ0) is 17.5. The topological polar surface area (TPSA) is 0 Å². The number of rotatable bonds is 7. The van der Waals surface area contributed by atoms with E-state index in [4.69, 9.17) is 0 Å². The molecule has 0 aliphatic carbocycles. The summed E-state index contributed by atoms with van der Waals surface area (Å²) in [6, 6.07) is 28.8. The zero-order valence-corrected chi connectivity index (χ0v) is 15.4. The molecule has 0 spiro atoms. The standard InChI is InChI=1S/C25H28/c1-3-22(4-2)24-12-8-9-13-25(24)23-18-16-21(17-19-23)15-14-20-10-6-5-7-11-20/h5-13,16-19,22H,3-4,14-15H2,1-2H3. The van der Waals surface area contributed by atoms with Crippen molar-refractivity contribution < 1.29 is 0 Å². The molecule has 0 unspecified atom stereocenters. The predicted octanol–water partition coefficient (Wildman–Crippen LogP) is 7.04. The Kier molecular flexibility index (Phi) is 6.06. The van der Waals surface area contributed by atoms with Crippen LogP contribution in [0.25, 0.3) is 11.1 Å². The van der Waals surface area contributed by atoms with Gasteiger partial charge < -0.3 is 0 Å². The number of aryl methyl sites for hydroxylation is 2. The van der Waals surface area contributed by atoms with Crippen LogP contribution in [-0.4, -0.2) is 0 Å². The Hall–Kier alpha value is -2.34. The summed E-state index contributed by atoms with van der Waals surface area (Å²) in [5.74, 6) is 0.647. The molecule has 128 valence electrons. The molecule has 0 saturated heterocycles. The van der Waals surface area contributed by atoms with Gasteiger partial charge in [0.25, 0.3) is 0 Å². The summed E-state index contributed by atoms with van der Waals surface area (Å²) in [5, 5.41) is 0. The second kappa shape index (κ2) is 8.67. The van der Waals surface area contributed by atoms with Crippen molar-refractivity contribution in [1.82, 2.24) is 0 Å². The Morgan fingerprint density at radius 1 is 0.600 bits per heavy atom. The summed E-state index contributed by atoms with van der Waals surface area (Å²) >= 11 is 0. The molecule has 0 heteroatoms. The quantitative estimate of drug-likeness (QED) is 0.436. The van der Waals surface area contributed by atoms with Crippen LogP contribution in [0.5, 0.6) is 0 Å². The van der Waals surface area contributed by atoms with E-state index in [1.54, 1.807) is 0 Å². The third kappa shape index (κ3) is 4.39. The molecule has 0 bridgehead atoms. The Morgan fingerprint density at radius 3 is 1.80 bits per heavy atom. The van der Waals surface area contributed by atoms with Gasteiger partial charge in [-0.3, -0.25) is 0 Å². The minimum atomic E-state index is 0.647. The van der Waals surface area contributed by atoms with Gasteiger partial charge in [0.1, 0.15) is 0 Å². The maximum absolute atomic E-state index is 2.30. The van der Waals surface area contributed by atoms with Gasteiger partial charge in [0.05, 0.1) is 0 Å². The van der Waals surface area contributed by atoms with E-state index >= 15 is 0 Å². The summed E-state index contributed by atoms with van der Waals surface area (Å²) in [6.45, 7) is 4.58. The van der Waals surface area contributed by atoms with Crippen molar-refractivity contribution in [2.24, 2.45) is 0 Å². The van der Waals surface area contributed by atoms with Crippen LogP contribution < -0.4 is 0 Å². The van der Waals surface area contributed by atoms with E-state index in [2.05, 4.69) is 92.7 Å². The van der Waals surface area contributed by atoms with E-state index in [0.29, 0.717) is 5.92 Å². The molecule has 25 heavy (non-hydrogen) atoms. The van der Waals surface area contributed by atoms with Crippen LogP contribution in [0.15, 0.2) is 78.9 Å². The first-order valence-corrected chi connectivity index (χ1v) is 9.54. The van der Waals surface area contributed by atoms with Gasteiger partial charge in [-0.15, -0.1) is 0 Å². The summed E-state index contributed by atoms with van der Waals surface area (Å²) in [6.07, 6.45) is 4.59. The molecule has 0 fully saturated rings. The van der Waals surface area contributed by atoms with Crippen LogP contribution in [0.4, 0.5) is 0 Å². The Labute approximate surface area is 152 Å². The average molecular weight is 328 g/mol. The van der Waals surface area contributed by atoms with Crippen molar-refractivity contribution in [2.75, 3.05) is 0 Å². The second-order valence-corrected chi connectivity index (χ2v) is 6.78. The molecular weight excluding hydrogens is 300 g/mol. The van der Waals surface area contributed by atoms with E-state index < -0.39 is 0 Å². The molecule has 0 radical (unpaired) electrons. The van der Waals surface area contributed by atoms with Crippen LogP contribution >= 0.6 is 0 Å². The molecule has 0 saturated carbocycles. The van der Waals surface area contributed by atoms with Gasteiger partial charge in [-0.25, -0.2) is 0 Å². The molecule has 3 aromatic rings. The molecule has 0 aliphatic heterocycles. The molecular formula is C25H28. The highest BCUT2D eigenvalue weighted by Crippen LogP contribution is 2.33. The van der Waals surface area contributed by atoms with Gasteiger partial charge in [0, 0.05) is 0 Å². The highest BCUT2D eigenvalue weighted by molar-refractivity contribution is 5.68. The number of hydrogen-bond acceptors (Lipinski definition) is 0. The van der Waals surface area contributed by atoms with E-state index in [1.807, 2.05) is 0 Å². The monoisotopic (exact) mass is 328 g/mol. The fraction of sp³-hybridized carbons (Fsp3) is 0.280. The molecule has 0 aromatic heterocycles. The van der Waals surface area contributed by atoms with Crippen molar-refractivity contribution in [3.63, 3.8) is 0 Å². The summed E-state index contributed by atoms with van der Waals surface area (Å²) in [7, 11) is 0. The van der Waals surface area contributed by atoms with Gasteiger partial charge in [-0.1, -0.05) is 92.7 Å². The van der Waals surface area contributed by atoms with Crippen LogP contribution in [0, 0.1) is 0 Å². The highest BCUT2D eigenvalue weighted by atomic mass is 14.2. The van der Waals surface area contributed by atoms with E-state index in [0.717, 1.165) is 12.8 Å². The van der Waals surface area contributed by atoms with Gasteiger partial charge >= 0.3 is 0 Å². The normalized spacial score (nSPS) is 11.0. The lowest BCUT2D eigenvalue weighted by Crippen LogP contribution is -1.98. The van der Waals surface area contributed by atoms with Crippen molar-refractivity contribution >= 4 is 0 Å². The van der Waals surface area contributed by atoms with Gasteiger partial charge in [-0.05, 0) is 59.4 Å². The summed E-state index contributed by atoms with van der Waals surface area (Å²) in [4.78, 5) is 0. The Bertz CT molecular complexity index is 765. The van der Waals surface area contributed by atoms with Crippen molar-refractivity contribution in [1.29, 1.82) is 0 Å². The molecule has 0 amide bonds. The van der Waals surface area contributed by atoms with Crippen LogP contribution in [-0.2, 0) is 12.8 Å². The van der Waals surface area contributed by atoms with Gasteiger partial charge in [-0.2, -0.15) is 0 Å². The fourth-order valence-corrected chi connectivity index (χ4v) is 3.63. The van der Waals surface area contributed by atoms with Crippen molar-refractivity contribution in [3.8, 4) is 11.1 Å². The fourth-order valence-electron chi connectivity index (χ4n) is 3.63. The number of hydrogen-bond donors (Lipinski definition) is 0. The average Bonchev–Trinajstić information content (AvgIpc) is 2.69. The molecule has 3 aromatic carbocycles. The van der Waals surface area contributed by atoms with E-state index in [1.165, 1.54) is 40.7 Å². The minimum absolute atomic E-state index is 0.647. The minimum Gasteiger partial charge on any atom is -0.0648 e. The van der Waals surface area contributed by atoms with Crippen LogP contribution in [0.1, 0.15) is 49.3 Å². The van der Waals surface area contributed by atoms with Gasteiger partial charge in [0.2, 0.25) is 0 Å². The smallest absolute Gasteiger partial charge is 0.0149 e. The van der Waals surface area contributed by atoms with E-state index in [9.17, 15) is 0 Å². The second-order valence-electron chi connectivity index (χ2n) is 6.78. The highest BCUT2D eigenvalue weighted by Gasteiger charge is 2.12. The first-order valence-electron chi connectivity index (χ1n) is 9.54. The zero-order valence-electron chi connectivity index (χ0n) is 15.4. The van der Waals surface area contributed by atoms with Crippen LogP contribution in [0.2, 0.25) is 0 Å². The van der Waals surface area contributed by atoms with E-state index in [-0.39, 0.29) is 0 Å². The molecule has 0 heterocycles. The molecule has 3 rings (SSSR count). The van der Waals surface area contributed by atoms with Crippen LogP contribution in [0.3, 0.4) is 0 Å². The first kappa shape index (κ1) is 17.5. The predicted molar refractivity (Wildman–Crippen MR) is 109 cm³/mol. The lowest BCUT2D eigenvalue weighted by atomic mass is 9.87. The third-order valence-corrected chi connectivity index (χ3v) is 5.20. The lowest BCUT2D eigenvalue weighted by molar-refractivity contribution is 0.643. The summed E-state index contributed by atoms with van der Waals surface area (Å²) < 4.78 is 0.